The molecule has 1 aliphatic heterocycles. The molecule has 1 N–H and O–H groups in total. The molecule has 0 radical (unpaired) electrons. The smallest absolute Gasteiger partial charge is 0.336 e. The first-order chi connectivity index (χ1) is 14.3. The van der Waals surface area contributed by atoms with Crippen LogP contribution in [-0.4, -0.2) is 24.4 Å². The molecule has 0 fully saturated rings. The molecular formula is C24H26N2O4. The molecule has 1 heterocycles. The number of anilines is 2. The minimum Gasteiger partial charge on any atom is -0.463 e. The van der Waals surface area contributed by atoms with Crippen molar-refractivity contribution in [3.05, 3.63) is 70.9 Å². The highest BCUT2D eigenvalue weighted by Gasteiger charge is 2.40. The lowest BCUT2D eigenvalue weighted by atomic mass is 9.88. The van der Waals surface area contributed by atoms with Gasteiger partial charge in [-0.25, -0.2) is 4.79 Å². The lowest BCUT2D eigenvalue weighted by Gasteiger charge is -2.33. The van der Waals surface area contributed by atoms with Crippen LogP contribution in [0.15, 0.2) is 59.8 Å². The van der Waals surface area contributed by atoms with Crippen molar-refractivity contribution in [2.75, 3.05) is 16.8 Å². The third-order valence-corrected chi connectivity index (χ3v) is 5.30. The van der Waals surface area contributed by atoms with Crippen molar-refractivity contribution in [3.8, 4) is 0 Å². The molecule has 0 aliphatic carbocycles. The Morgan fingerprint density at radius 3 is 2.40 bits per heavy atom. The average Bonchev–Trinajstić information content (AvgIpc) is 2.71. The SMILES string of the molecule is CCOC(=O)C1=C(C)N(c2ccccc2)C(=O)C[C@H]1C(=O)Nc1ccc(C)c(C)c1. The van der Waals surface area contributed by atoms with E-state index in [1.807, 2.05) is 50.2 Å². The van der Waals surface area contributed by atoms with Crippen LogP contribution < -0.4 is 10.2 Å². The molecule has 0 saturated heterocycles. The zero-order chi connectivity index (χ0) is 21.8. The summed E-state index contributed by atoms with van der Waals surface area (Å²) in [5.41, 5.74) is 4.05. The number of nitrogens with one attached hydrogen (secondary N) is 1. The number of hydrogen-bond donors (Lipinski definition) is 1. The summed E-state index contributed by atoms with van der Waals surface area (Å²) in [6.45, 7) is 7.51. The Labute approximate surface area is 176 Å². The van der Waals surface area contributed by atoms with E-state index in [4.69, 9.17) is 4.74 Å². The third-order valence-electron chi connectivity index (χ3n) is 5.30. The summed E-state index contributed by atoms with van der Waals surface area (Å²) in [6, 6.07) is 14.7. The van der Waals surface area contributed by atoms with E-state index in [1.54, 1.807) is 26.0 Å². The van der Waals surface area contributed by atoms with Crippen LogP contribution in [-0.2, 0) is 19.1 Å². The fraction of sp³-hybridized carbons (Fsp3) is 0.292. The molecule has 0 bridgehead atoms. The summed E-state index contributed by atoms with van der Waals surface area (Å²) in [4.78, 5) is 40.3. The van der Waals surface area contributed by atoms with Gasteiger partial charge in [0.2, 0.25) is 11.8 Å². The largest absolute Gasteiger partial charge is 0.463 e. The highest BCUT2D eigenvalue weighted by atomic mass is 16.5. The number of amides is 2. The number of ether oxygens (including phenoxy) is 1. The van der Waals surface area contributed by atoms with Crippen LogP contribution in [0, 0.1) is 19.8 Å². The quantitative estimate of drug-likeness (QED) is 0.758. The Hall–Kier alpha value is -3.41. The molecule has 0 saturated carbocycles. The number of benzene rings is 2. The molecule has 2 amide bonds. The van der Waals surface area contributed by atoms with Crippen LogP contribution in [0.25, 0.3) is 0 Å². The Kier molecular flexibility index (Phi) is 6.35. The highest BCUT2D eigenvalue weighted by molar-refractivity contribution is 6.10. The maximum Gasteiger partial charge on any atom is 0.336 e. The normalized spacial score (nSPS) is 16.5. The predicted octanol–water partition coefficient (Wildman–Crippen LogP) is 4.13. The standard InChI is InChI=1S/C24H26N2O4/c1-5-30-24(29)22-17(4)26(19-9-7-6-8-10-19)21(27)14-20(22)23(28)25-18-12-11-15(2)16(3)13-18/h6-13,20H,5,14H2,1-4H3,(H,25,28)/t20-/m1/s1. The average molecular weight is 406 g/mol. The molecule has 0 aromatic heterocycles. The number of esters is 1. The van der Waals surface area contributed by atoms with E-state index in [0.717, 1.165) is 11.1 Å². The number of hydrogen-bond acceptors (Lipinski definition) is 4. The van der Waals surface area contributed by atoms with Crippen LogP contribution in [0.3, 0.4) is 0 Å². The maximum atomic E-state index is 13.1. The first-order valence-electron chi connectivity index (χ1n) is 9.97. The summed E-state index contributed by atoms with van der Waals surface area (Å²) in [5.74, 6) is -2.14. The van der Waals surface area contributed by atoms with Crippen molar-refractivity contribution in [2.24, 2.45) is 5.92 Å². The summed E-state index contributed by atoms with van der Waals surface area (Å²) in [7, 11) is 0. The second-order valence-electron chi connectivity index (χ2n) is 7.33. The monoisotopic (exact) mass is 406 g/mol. The molecule has 0 unspecified atom stereocenters. The number of para-hydroxylation sites is 1. The summed E-state index contributed by atoms with van der Waals surface area (Å²) in [5, 5.41) is 2.85. The van der Waals surface area contributed by atoms with Gasteiger partial charge in [-0.15, -0.1) is 0 Å². The summed E-state index contributed by atoms with van der Waals surface area (Å²) in [6.07, 6.45) is -0.114. The molecule has 156 valence electrons. The number of nitrogens with zero attached hydrogens (tertiary/aromatic N) is 1. The zero-order valence-corrected chi connectivity index (χ0v) is 17.7. The second kappa shape index (κ2) is 8.95. The van der Waals surface area contributed by atoms with Gasteiger partial charge < -0.3 is 10.1 Å². The van der Waals surface area contributed by atoms with Gasteiger partial charge in [-0.2, -0.15) is 0 Å². The van der Waals surface area contributed by atoms with E-state index < -0.39 is 17.8 Å². The molecule has 30 heavy (non-hydrogen) atoms. The van der Waals surface area contributed by atoms with Gasteiger partial charge in [0.15, 0.2) is 0 Å². The van der Waals surface area contributed by atoms with Crippen LogP contribution >= 0.6 is 0 Å². The minimum absolute atomic E-state index is 0.114. The first-order valence-corrected chi connectivity index (χ1v) is 9.97. The molecular weight excluding hydrogens is 380 g/mol. The van der Waals surface area contributed by atoms with Crippen LogP contribution in [0.2, 0.25) is 0 Å². The molecule has 6 heteroatoms. The molecule has 0 spiro atoms. The zero-order valence-electron chi connectivity index (χ0n) is 17.7. The number of aryl methyl sites for hydroxylation is 2. The van der Waals surface area contributed by atoms with E-state index >= 15 is 0 Å². The Balaban J connectivity index is 1.99. The molecule has 6 nitrogen and oxygen atoms in total. The van der Waals surface area contributed by atoms with Crippen molar-refractivity contribution in [1.29, 1.82) is 0 Å². The second-order valence-corrected chi connectivity index (χ2v) is 7.33. The number of allylic oxidation sites excluding steroid dienone is 1. The fourth-order valence-corrected chi connectivity index (χ4v) is 3.61. The van der Waals surface area contributed by atoms with Crippen LogP contribution in [0.5, 0.6) is 0 Å². The molecule has 1 atom stereocenters. The van der Waals surface area contributed by atoms with Gasteiger partial charge in [-0.1, -0.05) is 24.3 Å². The van der Waals surface area contributed by atoms with Gasteiger partial charge in [-0.05, 0) is 63.1 Å². The van der Waals surface area contributed by atoms with Crippen LogP contribution in [0.4, 0.5) is 11.4 Å². The first kappa shape index (κ1) is 21.3. The van der Waals surface area contributed by atoms with Crippen molar-refractivity contribution in [1.82, 2.24) is 0 Å². The lowest BCUT2D eigenvalue weighted by Crippen LogP contribution is -2.43. The van der Waals surface area contributed by atoms with Gasteiger partial charge in [0.05, 0.1) is 18.1 Å². The van der Waals surface area contributed by atoms with Crippen LogP contribution in [0.1, 0.15) is 31.4 Å². The van der Waals surface area contributed by atoms with Crippen molar-refractivity contribution < 1.29 is 19.1 Å². The van der Waals surface area contributed by atoms with Crippen molar-refractivity contribution in [3.63, 3.8) is 0 Å². The third kappa shape index (κ3) is 4.27. The van der Waals surface area contributed by atoms with E-state index in [1.165, 1.54) is 4.90 Å². The highest BCUT2D eigenvalue weighted by Crippen LogP contribution is 2.34. The topological polar surface area (TPSA) is 75.7 Å². The number of carbonyl (C=O) groups is 3. The van der Waals surface area contributed by atoms with Gasteiger partial charge in [-0.3, -0.25) is 14.5 Å². The van der Waals surface area contributed by atoms with E-state index in [-0.39, 0.29) is 24.5 Å². The van der Waals surface area contributed by atoms with Gasteiger partial charge in [0.1, 0.15) is 0 Å². The Bertz CT molecular complexity index is 1010. The summed E-state index contributed by atoms with van der Waals surface area (Å²) < 4.78 is 5.22. The van der Waals surface area contributed by atoms with E-state index in [9.17, 15) is 14.4 Å². The summed E-state index contributed by atoms with van der Waals surface area (Å²) >= 11 is 0. The maximum absolute atomic E-state index is 13.1. The molecule has 1 aliphatic rings. The van der Waals surface area contributed by atoms with Crippen molar-refractivity contribution in [2.45, 2.75) is 34.1 Å². The lowest BCUT2D eigenvalue weighted by molar-refractivity contribution is -0.141. The fourth-order valence-electron chi connectivity index (χ4n) is 3.61. The van der Waals surface area contributed by atoms with Gasteiger partial charge >= 0.3 is 5.97 Å². The van der Waals surface area contributed by atoms with E-state index in [0.29, 0.717) is 17.1 Å². The van der Waals surface area contributed by atoms with Gasteiger partial charge in [0.25, 0.3) is 0 Å². The predicted molar refractivity (Wildman–Crippen MR) is 116 cm³/mol. The Morgan fingerprint density at radius 1 is 1.07 bits per heavy atom. The van der Waals surface area contributed by atoms with Gasteiger partial charge in [0, 0.05) is 23.5 Å². The minimum atomic E-state index is -0.918. The molecule has 3 rings (SSSR count). The number of rotatable bonds is 5. The molecule has 2 aromatic carbocycles. The molecule has 2 aromatic rings. The number of carbonyl (C=O) groups excluding carboxylic acids is 3. The van der Waals surface area contributed by atoms with E-state index in [2.05, 4.69) is 5.32 Å². The Morgan fingerprint density at radius 2 is 1.77 bits per heavy atom. The van der Waals surface area contributed by atoms with Crippen molar-refractivity contribution >= 4 is 29.2 Å².